The Balaban J connectivity index is 1.45. The highest BCUT2D eigenvalue weighted by Gasteiger charge is 2.23. The van der Waals surface area contributed by atoms with Crippen LogP contribution in [0.5, 0.6) is 0 Å². The van der Waals surface area contributed by atoms with Gasteiger partial charge in [-0.2, -0.15) is 0 Å². The van der Waals surface area contributed by atoms with E-state index in [4.69, 9.17) is 4.74 Å². The first-order valence-corrected chi connectivity index (χ1v) is 8.71. The minimum Gasteiger partial charge on any atom is -0.450 e. The van der Waals surface area contributed by atoms with Gasteiger partial charge in [-0.15, -0.1) is 0 Å². The minimum atomic E-state index is -0.264. The lowest BCUT2D eigenvalue weighted by molar-refractivity contribution is -0.117. The van der Waals surface area contributed by atoms with Gasteiger partial charge in [0.05, 0.1) is 13.2 Å². The first-order chi connectivity index (χ1) is 11.7. The number of fused-ring (bicyclic) bond motifs is 1. The van der Waals surface area contributed by atoms with Crippen molar-refractivity contribution < 1.29 is 14.3 Å². The predicted octanol–water partition coefficient (Wildman–Crippen LogP) is 1.89. The first kappa shape index (κ1) is 16.8. The average molecular weight is 331 g/mol. The van der Waals surface area contributed by atoms with Crippen LogP contribution in [-0.2, 0) is 22.4 Å². The maximum Gasteiger partial charge on any atom is 0.409 e. The monoisotopic (exact) mass is 331 g/mol. The molecule has 0 atom stereocenters. The van der Waals surface area contributed by atoms with E-state index in [9.17, 15) is 9.59 Å². The quantitative estimate of drug-likeness (QED) is 0.915. The van der Waals surface area contributed by atoms with E-state index in [-0.39, 0.29) is 12.0 Å². The number of anilines is 1. The third-order valence-electron chi connectivity index (χ3n) is 4.65. The van der Waals surface area contributed by atoms with Crippen molar-refractivity contribution in [3.05, 3.63) is 29.3 Å². The van der Waals surface area contributed by atoms with Gasteiger partial charge in [0, 0.05) is 31.9 Å². The smallest absolute Gasteiger partial charge is 0.409 e. The molecule has 1 saturated heterocycles. The van der Waals surface area contributed by atoms with Crippen LogP contribution in [0.1, 0.15) is 24.5 Å². The van der Waals surface area contributed by atoms with Crippen molar-refractivity contribution in [2.75, 3.05) is 44.6 Å². The number of rotatable bonds is 4. The summed E-state index contributed by atoms with van der Waals surface area (Å²) < 4.78 is 5.00. The van der Waals surface area contributed by atoms with Gasteiger partial charge in [-0.05, 0) is 49.4 Å². The van der Waals surface area contributed by atoms with Crippen molar-refractivity contribution in [1.82, 2.24) is 9.80 Å². The maximum atomic E-state index is 12.2. The number of carbonyl (C=O) groups is 2. The zero-order chi connectivity index (χ0) is 16.9. The second kappa shape index (κ2) is 7.66. The largest absolute Gasteiger partial charge is 0.450 e. The van der Waals surface area contributed by atoms with Crippen LogP contribution in [0.3, 0.4) is 0 Å². The van der Waals surface area contributed by atoms with Gasteiger partial charge < -0.3 is 15.0 Å². The molecule has 0 radical (unpaired) electrons. The summed E-state index contributed by atoms with van der Waals surface area (Å²) >= 11 is 0. The van der Waals surface area contributed by atoms with Gasteiger partial charge >= 0.3 is 6.09 Å². The summed E-state index contributed by atoms with van der Waals surface area (Å²) in [6.45, 7) is 5.14. The van der Waals surface area contributed by atoms with Crippen molar-refractivity contribution >= 4 is 17.7 Å². The Kier molecular flexibility index (Phi) is 5.35. The Bertz CT molecular complexity index is 610. The number of hydrogen-bond donors (Lipinski definition) is 1. The van der Waals surface area contributed by atoms with Crippen LogP contribution in [0.15, 0.2) is 18.2 Å². The van der Waals surface area contributed by atoms with Crippen LogP contribution in [0.2, 0.25) is 0 Å². The molecule has 1 heterocycles. The lowest BCUT2D eigenvalue weighted by Crippen LogP contribution is -2.50. The van der Waals surface area contributed by atoms with Gasteiger partial charge in [-0.25, -0.2) is 4.79 Å². The third kappa shape index (κ3) is 4.06. The van der Waals surface area contributed by atoms with Crippen LogP contribution in [-0.4, -0.2) is 61.1 Å². The number of nitrogens with one attached hydrogen (secondary N) is 1. The Labute approximate surface area is 142 Å². The molecule has 2 amide bonds. The molecule has 0 unspecified atom stereocenters. The first-order valence-electron chi connectivity index (χ1n) is 8.71. The molecule has 1 aromatic carbocycles. The van der Waals surface area contributed by atoms with Crippen LogP contribution in [0, 0.1) is 0 Å². The van der Waals surface area contributed by atoms with Crippen molar-refractivity contribution in [3.63, 3.8) is 0 Å². The highest BCUT2D eigenvalue weighted by atomic mass is 16.6. The lowest BCUT2D eigenvalue weighted by atomic mass is 10.1. The highest BCUT2D eigenvalue weighted by molar-refractivity contribution is 5.92. The van der Waals surface area contributed by atoms with E-state index >= 15 is 0 Å². The summed E-state index contributed by atoms with van der Waals surface area (Å²) in [5.74, 6) is -0.00229. The summed E-state index contributed by atoms with van der Waals surface area (Å²) in [6.07, 6.45) is 3.19. The standard InChI is InChI=1S/C18H25N3O3/c1-2-24-18(23)21-10-8-20(9-11-21)13-17(22)19-16-7-6-14-4-3-5-15(14)12-16/h6-7,12H,2-5,8-11,13H2,1H3,(H,19,22). The number of aryl methyl sites for hydroxylation is 2. The fourth-order valence-corrected chi connectivity index (χ4v) is 3.36. The summed E-state index contributed by atoms with van der Waals surface area (Å²) in [7, 11) is 0. The normalized spacial score (nSPS) is 17.5. The second-order valence-electron chi connectivity index (χ2n) is 6.35. The van der Waals surface area contributed by atoms with Crippen molar-refractivity contribution in [2.24, 2.45) is 0 Å². The molecule has 0 aromatic heterocycles. The van der Waals surface area contributed by atoms with Gasteiger partial charge in [0.15, 0.2) is 0 Å². The lowest BCUT2D eigenvalue weighted by Gasteiger charge is -2.33. The number of hydrogen-bond acceptors (Lipinski definition) is 4. The van der Waals surface area contributed by atoms with Crippen LogP contribution in [0.4, 0.5) is 10.5 Å². The molecule has 1 aliphatic heterocycles. The average Bonchev–Trinajstić information content (AvgIpc) is 3.03. The van der Waals surface area contributed by atoms with Crippen molar-refractivity contribution in [2.45, 2.75) is 26.2 Å². The zero-order valence-electron chi connectivity index (χ0n) is 14.2. The van der Waals surface area contributed by atoms with E-state index < -0.39 is 0 Å². The Morgan fingerprint density at radius 3 is 2.62 bits per heavy atom. The molecule has 1 N–H and O–H groups in total. The minimum absolute atomic E-state index is 0.00229. The van der Waals surface area contributed by atoms with Gasteiger partial charge in [0.25, 0.3) is 0 Å². The second-order valence-corrected chi connectivity index (χ2v) is 6.35. The number of ether oxygens (including phenoxy) is 1. The van der Waals surface area contributed by atoms with Crippen LogP contribution >= 0.6 is 0 Å². The summed E-state index contributed by atoms with van der Waals surface area (Å²) in [5, 5.41) is 2.99. The SMILES string of the molecule is CCOC(=O)N1CCN(CC(=O)Nc2ccc3c(c2)CCC3)CC1. The van der Waals surface area contributed by atoms with E-state index in [2.05, 4.69) is 22.3 Å². The van der Waals surface area contributed by atoms with Crippen molar-refractivity contribution in [1.29, 1.82) is 0 Å². The zero-order valence-corrected chi connectivity index (χ0v) is 14.2. The Hall–Kier alpha value is -2.08. The molecule has 0 saturated carbocycles. The fourth-order valence-electron chi connectivity index (χ4n) is 3.36. The molecule has 130 valence electrons. The van der Waals surface area contributed by atoms with Gasteiger partial charge in [0.1, 0.15) is 0 Å². The number of carbonyl (C=O) groups excluding carboxylic acids is 2. The Morgan fingerprint density at radius 2 is 1.88 bits per heavy atom. The van der Waals surface area contributed by atoms with Crippen LogP contribution < -0.4 is 5.32 Å². The molecule has 1 fully saturated rings. The number of benzene rings is 1. The number of piperazine rings is 1. The molecule has 3 rings (SSSR count). The molecule has 6 nitrogen and oxygen atoms in total. The molecule has 1 aliphatic carbocycles. The predicted molar refractivity (Wildman–Crippen MR) is 92.1 cm³/mol. The van der Waals surface area contributed by atoms with Gasteiger partial charge in [-0.3, -0.25) is 9.69 Å². The molecule has 2 aliphatic rings. The highest BCUT2D eigenvalue weighted by Crippen LogP contribution is 2.24. The number of amides is 2. The van der Waals surface area contributed by atoms with Gasteiger partial charge in [-0.1, -0.05) is 6.07 Å². The topological polar surface area (TPSA) is 61.9 Å². The molecular formula is C18H25N3O3. The maximum absolute atomic E-state index is 12.2. The molecule has 24 heavy (non-hydrogen) atoms. The molecule has 0 spiro atoms. The molecular weight excluding hydrogens is 306 g/mol. The van der Waals surface area contributed by atoms with E-state index in [0.717, 1.165) is 18.5 Å². The van der Waals surface area contributed by atoms with E-state index in [0.29, 0.717) is 39.3 Å². The molecule has 1 aromatic rings. The van der Waals surface area contributed by atoms with E-state index in [1.54, 1.807) is 11.8 Å². The fraction of sp³-hybridized carbons (Fsp3) is 0.556. The van der Waals surface area contributed by atoms with Crippen LogP contribution in [0.25, 0.3) is 0 Å². The van der Waals surface area contributed by atoms with E-state index in [1.807, 2.05) is 6.07 Å². The van der Waals surface area contributed by atoms with E-state index in [1.165, 1.54) is 17.5 Å². The molecule has 0 bridgehead atoms. The summed E-state index contributed by atoms with van der Waals surface area (Å²) in [5.41, 5.74) is 3.64. The van der Waals surface area contributed by atoms with Crippen molar-refractivity contribution in [3.8, 4) is 0 Å². The Morgan fingerprint density at radius 1 is 1.12 bits per heavy atom. The molecule has 6 heteroatoms. The summed E-state index contributed by atoms with van der Waals surface area (Å²) in [4.78, 5) is 27.7. The summed E-state index contributed by atoms with van der Waals surface area (Å²) in [6, 6.07) is 6.20. The third-order valence-corrected chi connectivity index (χ3v) is 4.65. The van der Waals surface area contributed by atoms with Gasteiger partial charge in [0.2, 0.25) is 5.91 Å². The number of nitrogens with zero attached hydrogens (tertiary/aromatic N) is 2.